The second kappa shape index (κ2) is 4.84. The van der Waals surface area contributed by atoms with Crippen LogP contribution in [0, 0.1) is 5.41 Å². The third-order valence-electron chi connectivity index (χ3n) is 0.857. The van der Waals surface area contributed by atoms with Crippen molar-refractivity contribution in [2.75, 3.05) is 20.4 Å². The summed E-state index contributed by atoms with van der Waals surface area (Å²) in [5, 5.41) is 7.26. The number of hydrogen-bond acceptors (Lipinski definition) is 2. The molecule has 64 valence electrons. The number of nitrogens with one attached hydrogen (secondary N) is 2. The largest absolute Gasteiger partial charge is 0.369 e. The van der Waals surface area contributed by atoms with E-state index in [1.807, 2.05) is 6.26 Å². The summed E-state index contributed by atoms with van der Waals surface area (Å²) in [4.78, 5) is 5.30. The first-order valence-corrected chi connectivity index (χ1v) is 4.19. The molecular formula is C5H13N5S. The highest BCUT2D eigenvalue weighted by molar-refractivity contribution is 7.97. The lowest BCUT2D eigenvalue weighted by Crippen LogP contribution is -2.30. The molecule has 0 atom stereocenters. The maximum atomic E-state index is 7.26. The Morgan fingerprint density at radius 3 is 2.55 bits per heavy atom. The van der Waals surface area contributed by atoms with Crippen molar-refractivity contribution in [2.24, 2.45) is 10.7 Å². The summed E-state index contributed by atoms with van der Waals surface area (Å²) in [6.07, 6.45) is 1.83. The molecule has 0 amide bonds. The Labute approximate surface area is 70.7 Å². The van der Waals surface area contributed by atoms with Crippen molar-refractivity contribution in [1.82, 2.24) is 9.62 Å². The molecule has 0 rings (SSSR count). The van der Waals surface area contributed by atoms with Gasteiger partial charge in [0.1, 0.15) is 0 Å². The fourth-order valence-corrected chi connectivity index (χ4v) is 0.596. The molecule has 0 aromatic rings. The Bertz CT molecular complexity index is 164. The van der Waals surface area contributed by atoms with Crippen molar-refractivity contribution in [3.05, 3.63) is 0 Å². The van der Waals surface area contributed by atoms with E-state index in [1.165, 1.54) is 11.9 Å². The molecule has 0 fully saturated rings. The zero-order valence-electron chi connectivity index (χ0n) is 6.88. The van der Waals surface area contributed by atoms with Gasteiger partial charge in [0.2, 0.25) is 11.9 Å². The number of nitrogens with two attached hydrogens (primary N) is 1. The lowest BCUT2D eigenvalue weighted by atomic mass is 10.8. The lowest BCUT2D eigenvalue weighted by molar-refractivity contribution is 0.609. The molecule has 0 unspecified atom stereocenters. The Kier molecular flexibility index (Phi) is 4.44. The number of rotatable bonds is 1. The van der Waals surface area contributed by atoms with Crippen LogP contribution in [0.1, 0.15) is 0 Å². The number of guanidine groups is 2. The summed E-state index contributed by atoms with van der Waals surface area (Å²) < 4.78 is 2.71. The van der Waals surface area contributed by atoms with Gasteiger partial charge in [-0.25, -0.2) is 0 Å². The van der Waals surface area contributed by atoms with Gasteiger partial charge < -0.3 is 15.4 Å². The predicted molar refractivity (Wildman–Crippen MR) is 49.7 cm³/mol. The topological polar surface area (TPSA) is 77.5 Å². The van der Waals surface area contributed by atoms with Gasteiger partial charge in [-0.05, 0) is 0 Å². The van der Waals surface area contributed by atoms with Gasteiger partial charge in [0.25, 0.3) is 0 Å². The molecule has 0 bridgehead atoms. The minimum absolute atomic E-state index is 0.129. The van der Waals surface area contributed by atoms with Crippen LogP contribution in [0.5, 0.6) is 0 Å². The second-order valence-electron chi connectivity index (χ2n) is 2.02. The standard InChI is InChI=1S/C5H13N5S/c1-10(2)5(7)8-4(6)9-11-3/h1-3H3,(H4,6,7,8,9). The van der Waals surface area contributed by atoms with Crippen molar-refractivity contribution in [3.8, 4) is 0 Å². The Balaban J connectivity index is 3.97. The molecule has 0 aliphatic rings. The van der Waals surface area contributed by atoms with Crippen LogP contribution >= 0.6 is 11.9 Å². The molecule has 0 aliphatic heterocycles. The van der Waals surface area contributed by atoms with E-state index in [-0.39, 0.29) is 11.9 Å². The highest BCUT2D eigenvalue weighted by atomic mass is 32.2. The van der Waals surface area contributed by atoms with E-state index in [0.717, 1.165) is 0 Å². The SMILES string of the molecule is CSNC(N)=NC(=N)N(C)C. The van der Waals surface area contributed by atoms with Crippen molar-refractivity contribution in [3.63, 3.8) is 0 Å². The van der Waals surface area contributed by atoms with Gasteiger partial charge in [-0.15, -0.1) is 0 Å². The van der Waals surface area contributed by atoms with Crippen LogP contribution in [0.15, 0.2) is 4.99 Å². The molecule has 0 saturated carbocycles. The van der Waals surface area contributed by atoms with Crippen molar-refractivity contribution in [2.45, 2.75) is 0 Å². The lowest BCUT2D eigenvalue weighted by Gasteiger charge is -2.09. The molecular weight excluding hydrogens is 162 g/mol. The van der Waals surface area contributed by atoms with E-state index in [2.05, 4.69) is 9.71 Å². The van der Waals surface area contributed by atoms with Gasteiger partial charge in [-0.1, -0.05) is 11.9 Å². The van der Waals surface area contributed by atoms with Crippen LogP contribution in [0.4, 0.5) is 0 Å². The third kappa shape index (κ3) is 4.49. The van der Waals surface area contributed by atoms with E-state index in [1.54, 1.807) is 19.0 Å². The minimum Gasteiger partial charge on any atom is -0.369 e. The number of aliphatic imine (C=N–C) groups is 1. The van der Waals surface area contributed by atoms with Gasteiger partial charge in [0, 0.05) is 20.4 Å². The first-order chi connectivity index (χ1) is 5.07. The van der Waals surface area contributed by atoms with Crippen molar-refractivity contribution in [1.29, 1.82) is 5.41 Å². The first kappa shape index (κ1) is 10.1. The molecule has 6 heteroatoms. The average molecular weight is 175 g/mol. The van der Waals surface area contributed by atoms with Gasteiger partial charge in [0.05, 0.1) is 0 Å². The number of nitrogens with zero attached hydrogens (tertiary/aromatic N) is 2. The maximum absolute atomic E-state index is 7.26. The van der Waals surface area contributed by atoms with E-state index in [0.29, 0.717) is 0 Å². The van der Waals surface area contributed by atoms with Crippen LogP contribution in [0.2, 0.25) is 0 Å². The summed E-state index contributed by atoms with van der Waals surface area (Å²) >= 11 is 1.34. The third-order valence-corrected chi connectivity index (χ3v) is 1.27. The van der Waals surface area contributed by atoms with Crippen molar-refractivity contribution >= 4 is 23.9 Å². The van der Waals surface area contributed by atoms with E-state index in [9.17, 15) is 0 Å². The van der Waals surface area contributed by atoms with Crippen LogP contribution < -0.4 is 10.5 Å². The highest BCUT2D eigenvalue weighted by Crippen LogP contribution is 1.83. The monoisotopic (exact) mass is 175 g/mol. The molecule has 0 aliphatic carbocycles. The predicted octanol–water partition coefficient (Wildman–Crippen LogP) is -0.335. The Morgan fingerprint density at radius 2 is 2.18 bits per heavy atom. The normalized spacial score (nSPS) is 11.0. The fraction of sp³-hybridized carbons (Fsp3) is 0.600. The quantitative estimate of drug-likeness (QED) is 0.289. The molecule has 0 aromatic heterocycles. The van der Waals surface area contributed by atoms with Crippen LogP contribution in [-0.2, 0) is 0 Å². The molecule has 0 saturated heterocycles. The van der Waals surface area contributed by atoms with E-state index >= 15 is 0 Å². The summed E-state index contributed by atoms with van der Waals surface area (Å²) in [5.74, 6) is 0.375. The average Bonchev–Trinajstić information content (AvgIpc) is 1.87. The van der Waals surface area contributed by atoms with Gasteiger partial charge in [-0.2, -0.15) is 4.99 Å². The van der Waals surface area contributed by atoms with Gasteiger partial charge >= 0.3 is 0 Å². The molecule has 0 spiro atoms. The molecule has 11 heavy (non-hydrogen) atoms. The summed E-state index contributed by atoms with van der Waals surface area (Å²) in [7, 11) is 3.47. The minimum atomic E-state index is 0.129. The molecule has 0 radical (unpaired) electrons. The second-order valence-corrected chi connectivity index (χ2v) is 2.63. The molecule has 0 aromatic carbocycles. The Morgan fingerprint density at radius 1 is 1.64 bits per heavy atom. The zero-order valence-corrected chi connectivity index (χ0v) is 7.70. The Hall–Kier alpha value is -0.910. The van der Waals surface area contributed by atoms with Crippen LogP contribution in [0.25, 0.3) is 0 Å². The summed E-state index contributed by atoms with van der Waals surface area (Å²) in [6.45, 7) is 0. The van der Waals surface area contributed by atoms with E-state index in [4.69, 9.17) is 11.1 Å². The van der Waals surface area contributed by atoms with Gasteiger partial charge in [-0.3, -0.25) is 5.41 Å². The van der Waals surface area contributed by atoms with Crippen LogP contribution in [-0.4, -0.2) is 37.2 Å². The van der Waals surface area contributed by atoms with E-state index < -0.39 is 0 Å². The van der Waals surface area contributed by atoms with Crippen molar-refractivity contribution < 1.29 is 0 Å². The smallest absolute Gasteiger partial charge is 0.220 e. The highest BCUT2D eigenvalue weighted by Gasteiger charge is 1.96. The maximum Gasteiger partial charge on any atom is 0.220 e. The fourth-order valence-electron chi connectivity index (χ4n) is 0.341. The first-order valence-electron chi connectivity index (χ1n) is 2.97. The zero-order chi connectivity index (χ0) is 8.85. The molecule has 0 heterocycles. The number of hydrogen-bond donors (Lipinski definition) is 3. The van der Waals surface area contributed by atoms with Gasteiger partial charge in [0.15, 0.2) is 0 Å². The van der Waals surface area contributed by atoms with Crippen LogP contribution in [0.3, 0.4) is 0 Å². The summed E-state index contributed by atoms with van der Waals surface area (Å²) in [6, 6.07) is 0. The molecule has 5 nitrogen and oxygen atoms in total. The summed E-state index contributed by atoms with van der Waals surface area (Å²) in [5.41, 5.74) is 5.37. The molecule has 4 N–H and O–H groups in total.